The number of carboxylic acid groups (broad SMARTS) is 1. The van der Waals surface area contributed by atoms with Gasteiger partial charge in [-0.05, 0) is 85.5 Å². The van der Waals surface area contributed by atoms with Crippen LogP contribution in [0.25, 0.3) is 0 Å². The molecule has 2 amide bonds. The maximum atomic E-state index is 13.1. The molecule has 3 aromatic carbocycles. The summed E-state index contributed by atoms with van der Waals surface area (Å²) in [5.74, 6) is -0.913. The van der Waals surface area contributed by atoms with E-state index in [1.54, 1.807) is 49.4 Å². The van der Waals surface area contributed by atoms with Crippen LogP contribution in [0.2, 0.25) is 10.0 Å². The number of alkyl halides is 3. The van der Waals surface area contributed by atoms with Crippen molar-refractivity contribution in [3.8, 4) is 11.5 Å². The topological polar surface area (TPSA) is 97.3 Å². The number of carbonyl (C=O) groups is 2. The van der Waals surface area contributed by atoms with E-state index in [0.717, 1.165) is 23.3 Å². The number of hydrogen-bond acceptors (Lipinski definition) is 5. The molecule has 43 heavy (non-hydrogen) atoms. The van der Waals surface area contributed by atoms with Gasteiger partial charge in [0.1, 0.15) is 18.1 Å². The molecule has 0 bridgehead atoms. The van der Waals surface area contributed by atoms with Crippen molar-refractivity contribution in [2.75, 3.05) is 31.6 Å². The van der Waals surface area contributed by atoms with E-state index in [0.29, 0.717) is 35.2 Å². The summed E-state index contributed by atoms with van der Waals surface area (Å²) in [5, 5.41) is 13.0. The van der Waals surface area contributed by atoms with Crippen molar-refractivity contribution in [1.82, 2.24) is 4.90 Å². The van der Waals surface area contributed by atoms with E-state index < -0.39 is 30.2 Å². The number of carboxylic acids is 1. The Balaban J connectivity index is 1.61. The van der Waals surface area contributed by atoms with Gasteiger partial charge >= 0.3 is 18.4 Å². The average Bonchev–Trinajstić information content (AvgIpc) is 2.92. The van der Waals surface area contributed by atoms with E-state index in [1.807, 2.05) is 0 Å². The van der Waals surface area contributed by atoms with Gasteiger partial charge in [0, 0.05) is 35.3 Å². The third kappa shape index (κ3) is 12.2. The average molecular weight is 643 g/mol. The lowest BCUT2D eigenvalue weighted by Crippen LogP contribution is -2.38. The Morgan fingerprint density at radius 3 is 2.14 bits per heavy atom. The molecular weight excluding hydrogens is 612 g/mol. The van der Waals surface area contributed by atoms with Gasteiger partial charge in [-0.15, -0.1) is 13.2 Å². The van der Waals surface area contributed by atoms with Crippen LogP contribution in [0.4, 0.5) is 23.7 Å². The van der Waals surface area contributed by atoms with Crippen LogP contribution >= 0.6 is 23.2 Å². The molecule has 232 valence electrons. The Labute approximate surface area is 257 Å². The van der Waals surface area contributed by atoms with Gasteiger partial charge in [-0.25, -0.2) is 9.59 Å². The van der Waals surface area contributed by atoms with E-state index in [4.69, 9.17) is 32.7 Å². The van der Waals surface area contributed by atoms with E-state index in [-0.39, 0.29) is 31.9 Å². The molecule has 0 heterocycles. The van der Waals surface area contributed by atoms with Crippen molar-refractivity contribution in [1.29, 1.82) is 0 Å². The number of rotatable bonds is 15. The van der Waals surface area contributed by atoms with Crippen LogP contribution < -0.4 is 14.8 Å². The number of nitrogens with one attached hydrogen (secondary N) is 1. The third-order valence-corrected chi connectivity index (χ3v) is 6.50. The van der Waals surface area contributed by atoms with Crippen LogP contribution in [-0.4, -0.2) is 60.8 Å². The molecule has 13 heteroatoms. The van der Waals surface area contributed by atoms with Gasteiger partial charge in [0.15, 0.2) is 6.10 Å². The molecule has 3 rings (SSSR count). The number of halogens is 5. The van der Waals surface area contributed by atoms with Crippen molar-refractivity contribution >= 4 is 40.9 Å². The van der Waals surface area contributed by atoms with Gasteiger partial charge < -0.3 is 29.5 Å². The zero-order valence-electron chi connectivity index (χ0n) is 23.2. The minimum atomic E-state index is -4.82. The van der Waals surface area contributed by atoms with Crippen molar-refractivity contribution < 1.29 is 42.1 Å². The molecule has 0 aliphatic heterocycles. The maximum absolute atomic E-state index is 13.1. The lowest BCUT2D eigenvalue weighted by Gasteiger charge is -2.23. The molecule has 0 aromatic heterocycles. The van der Waals surface area contributed by atoms with Crippen molar-refractivity contribution in [2.24, 2.45) is 0 Å². The van der Waals surface area contributed by atoms with Crippen molar-refractivity contribution in [3.63, 3.8) is 0 Å². The highest BCUT2D eigenvalue weighted by Crippen LogP contribution is 2.24. The zero-order chi connectivity index (χ0) is 31.4. The third-order valence-electron chi connectivity index (χ3n) is 6.06. The van der Waals surface area contributed by atoms with Gasteiger partial charge in [0.2, 0.25) is 0 Å². The molecule has 2 N–H and O–H groups in total. The fraction of sp³-hybridized carbons (Fsp3) is 0.333. The Morgan fingerprint density at radius 2 is 1.56 bits per heavy atom. The van der Waals surface area contributed by atoms with Crippen molar-refractivity contribution in [3.05, 3.63) is 87.9 Å². The molecule has 0 radical (unpaired) electrons. The number of urea groups is 1. The molecule has 1 atom stereocenters. The van der Waals surface area contributed by atoms with E-state index >= 15 is 0 Å². The summed E-state index contributed by atoms with van der Waals surface area (Å²) in [6.07, 6.45) is -4.39. The van der Waals surface area contributed by atoms with Crippen LogP contribution in [0.3, 0.4) is 0 Å². The number of ether oxygens (including phenoxy) is 3. The molecular formula is C30H31Cl2F3N2O6. The van der Waals surface area contributed by atoms with E-state index in [9.17, 15) is 27.9 Å². The van der Waals surface area contributed by atoms with Crippen molar-refractivity contribution in [2.45, 2.75) is 38.7 Å². The van der Waals surface area contributed by atoms with Crippen LogP contribution in [-0.2, 0) is 22.4 Å². The molecule has 3 aromatic rings. The summed E-state index contributed by atoms with van der Waals surface area (Å²) in [5.41, 5.74) is 1.96. The van der Waals surface area contributed by atoms with Gasteiger partial charge in [0.05, 0.1) is 6.54 Å². The monoisotopic (exact) mass is 642 g/mol. The number of carbonyl (C=O) groups excluding carboxylic acids is 1. The maximum Gasteiger partial charge on any atom is 0.573 e. The fourth-order valence-corrected chi connectivity index (χ4v) is 4.69. The Morgan fingerprint density at radius 1 is 0.930 bits per heavy atom. The normalized spacial score (nSPS) is 12.0. The quantitative estimate of drug-likeness (QED) is 0.178. The number of anilines is 1. The molecule has 8 nitrogen and oxygen atoms in total. The SMILES string of the molecule is CCOC(Cc1ccc(OCCN(CCCc2cc(Cl)cc(Cl)c2)C(=O)Nc2ccc(OC(F)(F)F)cc2)cc1)C(=O)O. The first-order valence-corrected chi connectivity index (χ1v) is 14.1. The first-order valence-electron chi connectivity index (χ1n) is 13.3. The number of amides is 2. The van der Waals surface area contributed by atoms with E-state index in [2.05, 4.69) is 10.1 Å². The second kappa shape index (κ2) is 16.3. The Bertz CT molecular complexity index is 1320. The first-order chi connectivity index (χ1) is 20.4. The van der Waals surface area contributed by atoms with Crippen LogP contribution in [0.5, 0.6) is 11.5 Å². The first kappa shape index (κ1) is 33.8. The second-order valence-electron chi connectivity index (χ2n) is 9.35. The van der Waals surface area contributed by atoms with Crippen LogP contribution in [0.15, 0.2) is 66.7 Å². The summed E-state index contributed by atoms with van der Waals surface area (Å²) in [6, 6.07) is 16.5. The summed E-state index contributed by atoms with van der Waals surface area (Å²) in [7, 11) is 0. The molecule has 0 saturated heterocycles. The molecule has 0 aliphatic carbocycles. The molecule has 1 unspecified atom stereocenters. The number of aliphatic carboxylic acids is 1. The summed E-state index contributed by atoms with van der Waals surface area (Å²) < 4.78 is 52.3. The predicted molar refractivity (Wildman–Crippen MR) is 157 cm³/mol. The van der Waals surface area contributed by atoms with Gasteiger partial charge in [-0.1, -0.05) is 35.3 Å². The zero-order valence-corrected chi connectivity index (χ0v) is 24.7. The summed E-state index contributed by atoms with van der Waals surface area (Å²) in [4.78, 5) is 26.0. The second-order valence-corrected chi connectivity index (χ2v) is 10.2. The number of aryl methyl sites for hydroxylation is 1. The number of hydrogen-bond donors (Lipinski definition) is 2. The molecule has 0 spiro atoms. The Kier molecular flexibility index (Phi) is 12.8. The highest BCUT2D eigenvalue weighted by atomic mass is 35.5. The minimum Gasteiger partial charge on any atom is -0.492 e. The van der Waals surface area contributed by atoms with Crippen LogP contribution in [0.1, 0.15) is 24.5 Å². The predicted octanol–water partition coefficient (Wildman–Crippen LogP) is 7.47. The lowest BCUT2D eigenvalue weighted by atomic mass is 10.1. The van der Waals surface area contributed by atoms with Gasteiger partial charge in [-0.2, -0.15) is 0 Å². The standard InChI is InChI=1S/C30H31Cl2F3N2O6/c1-2-41-27(28(38)39)18-20-5-9-25(10-6-20)42-15-14-37(13-3-4-21-16-22(31)19-23(32)17-21)29(40)36-24-7-11-26(12-8-24)43-30(33,34)35/h5-12,16-17,19,27H,2-4,13-15,18H2,1H3,(H,36,40)(H,38,39). The largest absolute Gasteiger partial charge is 0.573 e. The van der Waals surface area contributed by atoms with Gasteiger partial charge in [0.25, 0.3) is 0 Å². The van der Waals surface area contributed by atoms with Gasteiger partial charge in [-0.3, -0.25) is 0 Å². The number of nitrogens with zero attached hydrogens (tertiary/aromatic N) is 1. The number of benzene rings is 3. The minimum absolute atomic E-state index is 0.144. The molecule has 0 aliphatic rings. The molecule has 0 saturated carbocycles. The summed E-state index contributed by atoms with van der Waals surface area (Å²) >= 11 is 12.2. The smallest absolute Gasteiger partial charge is 0.492 e. The van der Waals surface area contributed by atoms with Crippen LogP contribution in [0, 0.1) is 0 Å². The summed E-state index contributed by atoms with van der Waals surface area (Å²) in [6.45, 7) is 2.69. The Hall–Kier alpha value is -3.67. The van der Waals surface area contributed by atoms with E-state index in [1.165, 1.54) is 17.0 Å². The fourth-order valence-electron chi connectivity index (χ4n) is 4.11. The lowest BCUT2D eigenvalue weighted by molar-refractivity contribution is -0.274. The molecule has 0 fully saturated rings. The highest BCUT2D eigenvalue weighted by Gasteiger charge is 2.31. The highest BCUT2D eigenvalue weighted by molar-refractivity contribution is 6.34.